The third kappa shape index (κ3) is 2.86. The molecule has 0 N–H and O–H groups in total. The number of halogens is 4. The molecule has 0 atom stereocenters. The van der Waals surface area contributed by atoms with Crippen molar-refractivity contribution in [1.82, 2.24) is 9.55 Å². The zero-order chi connectivity index (χ0) is 15.0. The highest BCUT2D eigenvalue weighted by Crippen LogP contribution is 2.25. The summed E-state index contributed by atoms with van der Waals surface area (Å²) in [5.74, 6) is 0.437. The van der Waals surface area contributed by atoms with E-state index in [4.69, 9.17) is 34.8 Å². The zero-order valence-electron chi connectivity index (χ0n) is 10.8. The van der Waals surface area contributed by atoms with Crippen LogP contribution in [0.1, 0.15) is 11.4 Å². The second-order valence-electron chi connectivity index (χ2n) is 4.63. The summed E-state index contributed by atoms with van der Waals surface area (Å²) in [6.07, 6.45) is 0. The molecular formula is C15H10Cl3FN2. The van der Waals surface area contributed by atoms with Crippen molar-refractivity contribution in [2.75, 3.05) is 0 Å². The van der Waals surface area contributed by atoms with E-state index in [0.29, 0.717) is 28.4 Å². The zero-order valence-corrected chi connectivity index (χ0v) is 13.1. The summed E-state index contributed by atoms with van der Waals surface area (Å²) < 4.78 is 15.6. The monoisotopic (exact) mass is 342 g/mol. The molecule has 0 amide bonds. The Balaban J connectivity index is 2.11. The number of alkyl halides is 1. The third-order valence-corrected chi connectivity index (χ3v) is 4.02. The van der Waals surface area contributed by atoms with Gasteiger partial charge in [0.2, 0.25) is 0 Å². The van der Waals surface area contributed by atoms with Gasteiger partial charge in [0.15, 0.2) is 0 Å². The molecule has 2 aromatic carbocycles. The molecular weight excluding hydrogens is 334 g/mol. The maximum atomic E-state index is 13.7. The topological polar surface area (TPSA) is 17.8 Å². The maximum absolute atomic E-state index is 13.7. The molecule has 6 heteroatoms. The van der Waals surface area contributed by atoms with Gasteiger partial charge in [-0.05, 0) is 23.8 Å². The minimum atomic E-state index is -0.470. The first-order valence-corrected chi connectivity index (χ1v) is 7.52. The second-order valence-corrected chi connectivity index (χ2v) is 5.74. The number of nitrogens with zero attached hydrogens (tertiary/aromatic N) is 2. The molecule has 0 aliphatic carbocycles. The van der Waals surface area contributed by atoms with E-state index in [2.05, 4.69) is 4.98 Å². The molecule has 3 aromatic rings. The van der Waals surface area contributed by atoms with Crippen molar-refractivity contribution >= 4 is 45.8 Å². The molecule has 2 nitrogen and oxygen atoms in total. The fraction of sp³-hybridized carbons (Fsp3) is 0.133. The van der Waals surface area contributed by atoms with E-state index in [0.717, 1.165) is 5.56 Å². The molecule has 0 aliphatic heterocycles. The predicted molar refractivity (Wildman–Crippen MR) is 84.8 cm³/mol. The van der Waals surface area contributed by atoms with Crippen molar-refractivity contribution in [3.05, 3.63) is 63.6 Å². The Bertz CT molecular complexity index is 797. The van der Waals surface area contributed by atoms with Crippen LogP contribution in [0, 0.1) is 5.82 Å². The molecule has 0 radical (unpaired) electrons. The van der Waals surface area contributed by atoms with Crippen LogP contribution in [-0.2, 0) is 12.4 Å². The molecule has 0 spiro atoms. The summed E-state index contributed by atoms with van der Waals surface area (Å²) >= 11 is 17.6. The minimum absolute atomic E-state index is 0.0553. The third-order valence-electron chi connectivity index (χ3n) is 3.24. The SMILES string of the molecule is Fc1cc2c(cc1Cl)nc(CCl)n2Cc1ccc(Cl)cc1. The second kappa shape index (κ2) is 5.84. The van der Waals surface area contributed by atoms with Gasteiger partial charge < -0.3 is 4.57 Å². The summed E-state index contributed by atoms with van der Waals surface area (Å²) in [4.78, 5) is 4.40. The molecule has 0 aliphatic rings. The van der Waals surface area contributed by atoms with Gasteiger partial charge in [-0.25, -0.2) is 9.37 Å². The Morgan fingerprint density at radius 1 is 1.10 bits per heavy atom. The molecule has 0 unspecified atom stereocenters. The number of benzene rings is 2. The predicted octanol–water partition coefficient (Wildman–Crippen LogP) is 5.27. The van der Waals surface area contributed by atoms with Crippen molar-refractivity contribution in [3.63, 3.8) is 0 Å². The fourth-order valence-corrected chi connectivity index (χ4v) is 2.71. The number of aromatic nitrogens is 2. The summed E-state index contributed by atoms with van der Waals surface area (Å²) in [5.41, 5.74) is 2.33. The van der Waals surface area contributed by atoms with Gasteiger partial charge in [-0.3, -0.25) is 0 Å². The smallest absolute Gasteiger partial charge is 0.144 e. The van der Waals surface area contributed by atoms with Crippen LogP contribution in [0.3, 0.4) is 0 Å². The molecule has 108 valence electrons. The van der Waals surface area contributed by atoms with Crippen LogP contribution in [0.15, 0.2) is 36.4 Å². The van der Waals surface area contributed by atoms with Crippen LogP contribution < -0.4 is 0 Å². The molecule has 21 heavy (non-hydrogen) atoms. The van der Waals surface area contributed by atoms with Gasteiger partial charge >= 0.3 is 0 Å². The van der Waals surface area contributed by atoms with E-state index in [1.54, 1.807) is 0 Å². The van der Waals surface area contributed by atoms with Gasteiger partial charge in [-0.1, -0.05) is 35.3 Å². The van der Waals surface area contributed by atoms with Gasteiger partial charge in [0, 0.05) is 17.6 Å². The largest absolute Gasteiger partial charge is 0.322 e. The first-order chi connectivity index (χ1) is 10.1. The van der Waals surface area contributed by atoms with Crippen molar-refractivity contribution in [1.29, 1.82) is 0 Å². The van der Waals surface area contributed by atoms with E-state index in [1.165, 1.54) is 12.1 Å². The van der Waals surface area contributed by atoms with Crippen LogP contribution in [0.4, 0.5) is 4.39 Å². The summed E-state index contributed by atoms with van der Waals surface area (Å²) in [6.45, 7) is 0.538. The average Bonchev–Trinajstić information content (AvgIpc) is 2.79. The highest BCUT2D eigenvalue weighted by Gasteiger charge is 2.13. The van der Waals surface area contributed by atoms with Crippen LogP contribution in [0.25, 0.3) is 11.0 Å². The number of rotatable bonds is 3. The molecule has 1 heterocycles. The maximum Gasteiger partial charge on any atom is 0.144 e. The van der Waals surface area contributed by atoms with Crippen LogP contribution >= 0.6 is 34.8 Å². The number of hydrogen-bond donors (Lipinski definition) is 0. The number of hydrogen-bond acceptors (Lipinski definition) is 1. The molecule has 1 aromatic heterocycles. The Labute approximate surface area is 136 Å². The first-order valence-electron chi connectivity index (χ1n) is 6.23. The average molecular weight is 344 g/mol. The van der Waals surface area contributed by atoms with Crippen molar-refractivity contribution in [2.24, 2.45) is 0 Å². The number of fused-ring (bicyclic) bond motifs is 1. The van der Waals surface area contributed by atoms with Gasteiger partial charge in [0.25, 0.3) is 0 Å². The normalized spacial score (nSPS) is 11.2. The van der Waals surface area contributed by atoms with Crippen LogP contribution in [0.2, 0.25) is 10.0 Å². The fourth-order valence-electron chi connectivity index (χ4n) is 2.22. The Hall–Kier alpha value is -1.29. The first kappa shape index (κ1) is 14.6. The quantitative estimate of drug-likeness (QED) is 0.592. The minimum Gasteiger partial charge on any atom is -0.322 e. The Morgan fingerprint density at radius 2 is 1.81 bits per heavy atom. The van der Waals surface area contributed by atoms with Crippen LogP contribution in [-0.4, -0.2) is 9.55 Å². The van der Waals surface area contributed by atoms with Gasteiger partial charge in [0.05, 0.1) is 21.9 Å². The van der Waals surface area contributed by atoms with Gasteiger partial charge in [-0.2, -0.15) is 0 Å². The Morgan fingerprint density at radius 3 is 2.48 bits per heavy atom. The lowest BCUT2D eigenvalue weighted by Crippen LogP contribution is -2.03. The van der Waals surface area contributed by atoms with Crippen molar-refractivity contribution in [3.8, 4) is 0 Å². The molecule has 0 saturated heterocycles. The standard InChI is InChI=1S/C15H10Cl3FN2/c16-7-15-20-13-5-11(18)12(19)6-14(13)21(15)8-9-1-3-10(17)4-2-9/h1-6H,7-8H2. The lowest BCUT2D eigenvalue weighted by molar-refractivity contribution is 0.628. The number of imidazole rings is 1. The van der Waals surface area contributed by atoms with Gasteiger partial charge in [-0.15, -0.1) is 11.6 Å². The molecule has 0 saturated carbocycles. The lowest BCUT2D eigenvalue weighted by atomic mass is 10.2. The lowest BCUT2D eigenvalue weighted by Gasteiger charge is -2.08. The van der Waals surface area contributed by atoms with E-state index in [-0.39, 0.29) is 10.9 Å². The van der Waals surface area contributed by atoms with Crippen LogP contribution in [0.5, 0.6) is 0 Å². The van der Waals surface area contributed by atoms with Gasteiger partial charge in [0.1, 0.15) is 11.6 Å². The molecule has 3 rings (SSSR count). The van der Waals surface area contributed by atoms with E-state index >= 15 is 0 Å². The van der Waals surface area contributed by atoms with E-state index < -0.39 is 5.82 Å². The summed E-state index contributed by atoms with van der Waals surface area (Å²) in [5, 5.41) is 0.726. The van der Waals surface area contributed by atoms with Crippen molar-refractivity contribution in [2.45, 2.75) is 12.4 Å². The highest BCUT2D eigenvalue weighted by atomic mass is 35.5. The van der Waals surface area contributed by atoms with Crippen molar-refractivity contribution < 1.29 is 4.39 Å². The summed E-state index contributed by atoms with van der Waals surface area (Å²) in [6, 6.07) is 10.4. The highest BCUT2D eigenvalue weighted by molar-refractivity contribution is 6.31. The van der Waals surface area contributed by atoms with E-state index in [1.807, 2.05) is 28.8 Å². The molecule has 0 fully saturated rings. The van der Waals surface area contributed by atoms with E-state index in [9.17, 15) is 4.39 Å². The summed E-state index contributed by atoms with van der Waals surface area (Å²) in [7, 11) is 0. The Kier molecular flexibility index (Phi) is 4.07. The molecule has 0 bridgehead atoms.